The standard InChI is InChI=1S/C21H13N5OS/c1-2-4-16(5-3-1)21-24-18(13-28-21)14-6-8-15(9-7-14)19-25-20(27-26-19)17-12-22-10-11-23-17/h1-13H. The monoisotopic (exact) mass is 383 g/mol. The minimum absolute atomic E-state index is 0.346. The molecule has 3 aromatic heterocycles. The van der Waals surface area contributed by atoms with E-state index in [-0.39, 0.29) is 0 Å². The van der Waals surface area contributed by atoms with Crippen molar-refractivity contribution >= 4 is 11.3 Å². The summed E-state index contributed by atoms with van der Waals surface area (Å²) in [4.78, 5) is 17.3. The van der Waals surface area contributed by atoms with Crippen LogP contribution in [0.1, 0.15) is 0 Å². The molecule has 2 aromatic carbocycles. The van der Waals surface area contributed by atoms with Gasteiger partial charge in [-0.15, -0.1) is 11.3 Å². The summed E-state index contributed by atoms with van der Waals surface area (Å²) in [6.45, 7) is 0. The maximum Gasteiger partial charge on any atom is 0.278 e. The Morgan fingerprint density at radius 2 is 1.57 bits per heavy atom. The third-order valence-electron chi connectivity index (χ3n) is 4.17. The molecule has 7 heteroatoms. The largest absolute Gasteiger partial charge is 0.332 e. The summed E-state index contributed by atoms with van der Waals surface area (Å²) in [5, 5.41) is 7.11. The number of aromatic nitrogens is 5. The fourth-order valence-corrected chi connectivity index (χ4v) is 3.60. The summed E-state index contributed by atoms with van der Waals surface area (Å²) in [6, 6.07) is 18.1. The highest BCUT2D eigenvalue weighted by atomic mass is 32.1. The number of benzene rings is 2. The van der Waals surface area contributed by atoms with Crippen molar-refractivity contribution in [3.63, 3.8) is 0 Å². The average Bonchev–Trinajstić information content (AvgIpc) is 3.46. The zero-order valence-electron chi connectivity index (χ0n) is 14.6. The van der Waals surface area contributed by atoms with Crippen molar-refractivity contribution in [2.24, 2.45) is 0 Å². The van der Waals surface area contributed by atoms with E-state index in [0.717, 1.165) is 27.4 Å². The number of thiazole rings is 1. The summed E-state index contributed by atoms with van der Waals surface area (Å²) in [6.07, 6.45) is 4.78. The fourth-order valence-electron chi connectivity index (χ4n) is 2.76. The SMILES string of the molecule is c1ccc(-c2nc(-c3ccc(-c4noc(-c5cnccn5)n4)cc3)cs2)cc1. The van der Waals surface area contributed by atoms with E-state index < -0.39 is 0 Å². The first kappa shape index (κ1) is 16.5. The molecule has 0 radical (unpaired) electrons. The summed E-state index contributed by atoms with van der Waals surface area (Å²) in [5.74, 6) is 0.856. The highest BCUT2D eigenvalue weighted by Crippen LogP contribution is 2.30. The van der Waals surface area contributed by atoms with Crippen LogP contribution in [0.3, 0.4) is 0 Å². The fraction of sp³-hybridized carbons (Fsp3) is 0. The Hall–Kier alpha value is -3.71. The van der Waals surface area contributed by atoms with E-state index in [0.29, 0.717) is 17.4 Å². The molecule has 0 unspecified atom stereocenters. The molecule has 3 heterocycles. The lowest BCUT2D eigenvalue weighted by Gasteiger charge is -1.99. The highest BCUT2D eigenvalue weighted by molar-refractivity contribution is 7.13. The normalized spacial score (nSPS) is 10.9. The van der Waals surface area contributed by atoms with Gasteiger partial charge < -0.3 is 4.52 Å². The Balaban J connectivity index is 1.40. The summed E-state index contributed by atoms with van der Waals surface area (Å²) >= 11 is 1.64. The van der Waals surface area contributed by atoms with Crippen LogP contribution in [-0.2, 0) is 0 Å². The Kier molecular flexibility index (Phi) is 4.19. The summed E-state index contributed by atoms with van der Waals surface area (Å²) in [5.41, 5.74) is 4.53. The van der Waals surface area contributed by atoms with E-state index in [1.54, 1.807) is 29.9 Å². The van der Waals surface area contributed by atoms with Gasteiger partial charge in [-0.2, -0.15) is 4.98 Å². The number of rotatable bonds is 4. The molecule has 0 aliphatic rings. The van der Waals surface area contributed by atoms with Gasteiger partial charge in [0, 0.05) is 34.5 Å². The maximum absolute atomic E-state index is 5.30. The van der Waals surface area contributed by atoms with Gasteiger partial charge in [0.1, 0.15) is 10.7 Å². The Morgan fingerprint density at radius 3 is 2.36 bits per heavy atom. The number of nitrogens with zero attached hydrogens (tertiary/aromatic N) is 5. The molecular formula is C21H13N5OS. The van der Waals surface area contributed by atoms with Gasteiger partial charge >= 0.3 is 0 Å². The van der Waals surface area contributed by atoms with Crippen LogP contribution >= 0.6 is 11.3 Å². The molecule has 0 N–H and O–H groups in total. The second-order valence-corrected chi connectivity index (χ2v) is 6.85. The highest BCUT2D eigenvalue weighted by Gasteiger charge is 2.12. The van der Waals surface area contributed by atoms with Gasteiger partial charge in [-0.1, -0.05) is 59.8 Å². The smallest absolute Gasteiger partial charge is 0.278 e. The van der Waals surface area contributed by atoms with Crippen LogP contribution in [-0.4, -0.2) is 25.1 Å². The Labute approximate surface area is 164 Å². The summed E-state index contributed by atoms with van der Waals surface area (Å²) < 4.78 is 5.30. The van der Waals surface area contributed by atoms with Crippen LogP contribution in [0.15, 0.2) is 83.1 Å². The van der Waals surface area contributed by atoms with Crippen molar-refractivity contribution in [3.05, 3.63) is 78.6 Å². The first-order chi connectivity index (χ1) is 13.9. The molecule has 0 saturated carbocycles. The van der Waals surface area contributed by atoms with Gasteiger partial charge in [-0.05, 0) is 0 Å². The van der Waals surface area contributed by atoms with Crippen LogP contribution < -0.4 is 0 Å². The van der Waals surface area contributed by atoms with Crippen LogP contribution in [0.2, 0.25) is 0 Å². The molecule has 0 bridgehead atoms. The Bertz CT molecular complexity index is 1100. The second kappa shape index (κ2) is 7.13. The first-order valence-electron chi connectivity index (χ1n) is 8.59. The predicted molar refractivity (Wildman–Crippen MR) is 107 cm³/mol. The Morgan fingerprint density at radius 1 is 0.750 bits per heavy atom. The molecule has 5 rings (SSSR count). The molecule has 134 valence electrons. The van der Waals surface area contributed by atoms with Gasteiger partial charge in [0.2, 0.25) is 5.82 Å². The van der Waals surface area contributed by atoms with Gasteiger partial charge in [-0.3, -0.25) is 4.98 Å². The van der Waals surface area contributed by atoms with Crippen LogP contribution in [0.25, 0.3) is 44.8 Å². The van der Waals surface area contributed by atoms with E-state index in [1.165, 1.54) is 0 Å². The van der Waals surface area contributed by atoms with E-state index in [1.807, 2.05) is 42.5 Å². The quantitative estimate of drug-likeness (QED) is 0.435. The van der Waals surface area contributed by atoms with Crippen LogP contribution in [0.4, 0.5) is 0 Å². The van der Waals surface area contributed by atoms with E-state index in [9.17, 15) is 0 Å². The van der Waals surface area contributed by atoms with Crippen molar-refractivity contribution in [1.82, 2.24) is 25.1 Å². The van der Waals surface area contributed by atoms with Crippen molar-refractivity contribution in [2.75, 3.05) is 0 Å². The number of hydrogen-bond donors (Lipinski definition) is 0. The van der Waals surface area contributed by atoms with Gasteiger partial charge in [-0.25, -0.2) is 9.97 Å². The van der Waals surface area contributed by atoms with E-state index >= 15 is 0 Å². The van der Waals surface area contributed by atoms with Crippen LogP contribution in [0, 0.1) is 0 Å². The third kappa shape index (κ3) is 3.19. The second-order valence-electron chi connectivity index (χ2n) is 6.00. The minimum atomic E-state index is 0.346. The molecule has 0 amide bonds. The molecule has 5 aromatic rings. The lowest BCUT2D eigenvalue weighted by Crippen LogP contribution is -1.85. The molecule has 0 fully saturated rings. The van der Waals surface area contributed by atoms with Crippen molar-refractivity contribution in [2.45, 2.75) is 0 Å². The zero-order chi connectivity index (χ0) is 18.8. The topological polar surface area (TPSA) is 77.6 Å². The van der Waals surface area contributed by atoms with Gasteiger partial charge in [0.05, 0.1) is 11.9 Å². The molecule has 0 spiro atoms. The van der Waals surface area contributed by atoms with Gasteiger partial charge in [0.15, 0.2) is 0 Å². The first-order valence-corrected chi connectivity index (χ1v) is 9.47. The van der Waals surface area contributed by atoms with Crippen molar-refractivity contribution in [3.8, 4) is 44.8 Å². The lowest BCUT2D eigenvalue weighted by atomic mass is 10.1. The van der Waals surface area contributed by atoms with E-state index in [4.69, 9.17) is 9.51 Å². The minimum Gasteiger partial charge on any atom is -0.332 e. The lowest BCUT2D eigenvalue weighted by molar-refractivity contribution is 0.431. The maximum atomic E-state index is 5.30. The third-order valence-corrected chi connectivity index (χ3v) is 5.06. The molecule has 0 aliphatic carbocycles. The number of hydrogen-bond acceptors (Lipinski definition) is 7. The molecular weight excluding hydrogens is 370 g/mol. The van der Waals surface area contributed by atoms with Gasteiger partial charge in [0.25, 0.3) is 5.89 Å². The molecule has 0 aliphatic heterocycles. The molecule has 6 nitrogen and oxygen atoms in total. The zero-order valence-corrected chi connectivity index (χ0v) is 15.4. The molecule has 28 heavy (non-hydrogen) atoms. The van der Waals surface area contributed by atoms with E-state index in [2.05, 4.69) is 37.6 Å². The van der Waals surface area contributed by atoms with Crippen molar-refractivity contribution < 1.29 is 4.52 Å². The molecule has 0 atom stereocenters. The van der Waals surface area contributed by atoms with Crippen molar-refractivity contribution in [1.29, 1.82) is 0 Å². The molecule has 0 saturated heterocycles. The van der Waals surface area contributed by atoms with Crippen LogP contribution in [0.5, 0.6) is 0 Å². The average molecular weight is 383 g/mol. The summed E-state index contributed by atoms with van der Waals surface area (Å²) in [7, 11) is 0. The predicted octanol–water partition coefficient (Wildman–Crippen LogP) is 4.98.